The third-order valence-electron chi connectivity index (χ3n) is 4.04. The molecule has 0 saturated carbocycles. The molecule has 0 bridgehead atoms. The molecule has 2 heterocycles. The second-order valence-electron chi connectivity index (χ2n) is 5.88. The molecule has 26 heavy (non-hydrogen) atoms. The number of aliphatic hydroxyl groups excluding tert-OH is 1. The summed E-state index contributed by atoms with van der Waals surface area (Å²) in [6, 6.07) is 8.60. The van der Waals surface area contributed by atoms with Crippen LogP contribution in [-0.2, 0) is 13.1 Å². The average molecular weight is 376 g/mol. The van der Waals surface area contributed by atoms with Crippen molar-refractivity contribution in [3.8, 4) is 17.2 Å². The van der Waals surface area contributed by atoms with Crippen molar-refractivity contribution in [2.24, 2.45) is 0 Å². The van der Waals surface area contributed by atoms with Crippen LogP contribution in [0.15, 0.2) is 40.1 Å². The Morgan fingerprint density at radius 3 is 2.85 bits per heavy atom. The summed E-state index contributed by atoms with van der Waals surface area (Å²) in [5, 5.41) is 11.4. The Bertz CT molecular complexity index is 849. The lowest BCUT2D eigenvalue weighted by Gasteiger charge is -2.19. The van der Waals surface area contributed by atoms with E-state index < -0.39 is 5.82 Å². The van der Waals surface area contributed by atoms with Gasteiger partial charge in [0.05, 0.1) is 19.4 Å². The lowest BCUT2D eigenvalue weighted by atomic mass is 10.2. The zero-order chi connectivity index (χ0) is 18.5. The van der Waals surface area contributed by atoms with Crippen LogP contribution < -0.4 is 4.74 Å². The van der Waals surface area contributed by atoms with Crippen LogP contribution in [0.5, 0.6) is 5.75 Å². The molecule has 0 saturated heterocycles. The van der Waals surface area contributed by atoms with E-state index >= 15 is 0 Å². The van der Waals surface area contributed by atoms with Crippen LogP contribution in [0.3, 0.4) is 0 Å². The molecule has 1 aromatic carbocycles. The highest BCUT2D eigenvalue weighted by Crippen LogP contribution is 2.28. The van der Waals surface area contributed by atoms with Crippen LogP contribution in [-0.4, -0.2) is 35.3 Å². The van der Waals surface area contributed by atoms with Gasteiger partial charge in [-0.2, -0.15) is 0 Å². The van der Waals surface area contributed by atoms with Crippen molar-refractivity contribution in [3.05, 3.63) is 57.9 Å². The first-order valence-electron chi connectivity index (χ1n) is 8.26. The van der Waals surface area contributed by atoms with E-state index in [1.807, 2.05) is 18.4 Å². The molecular weight excluding hydrogens is 355 g/mol. The van der Waals surface area contributed by atoms with E-state index in [0.29, 0.717) is 30.3 Å². The number of methoxy groups -OCH3 is 1. The molecule has 5 nitrogen and oxygen atoms in total. The molecule has 0 fully saturated rings. The Hall–Kier alpha value is -2.22. The molecule has 3 aromatic rings. The summed E-state index contributed by atoms with van der Waals surface area (Å²) in [6.45, 7) is 3.78. The molecule has 0 aliphatic rings. The van der Waals surface area contributed by atoms with Crippen LogP contribution in [0.1, 0.15) is 16.3 Å². The standard InChI is InChI=1S/C19H21FN2O3S/c1-13-17(12-22(7-8-23)11-15-4-3-9-26-15)21-19(25-13)14-5-6-16(20)18(10-14)24-2/h3-6,9-10,23H,7-8,11-12H2,1-2H3. The Morgan fingerprint density at radius 2 is 2.15 bits per heavy atom. The summed E-state index contributed by atoms with van der Waals surface area (Å²) in [7, 11) is 1.42. The molecule has 0 atom stereocenters. The van der Waals surface area contributed by atoms with E-state index in [2.05, 4.69) is 16.0 Å². The van der Waals surface area contributed by atoms with Gasteiger partial charge in [-0.05, 0) is 36.6 Å². The summed E-state index contributed by atoms with van der Waals surface area (Å²) in [5.74, 6) is 0.859. The summed E-state index contributed by atoms with van der Waals surface area (Å²) in [6.07, 6.45) is 0. The molecule has 0 unspecified atom stereocenters. The zero-order valence-corrected chi connectivity index (χ0v) is 15.6. The molecule has 0 aliphatic carbocycles. The average Bonchev–Trinajstić information content (AvgIpc) is 3.26. The third kappa shape index (κ3) is 4.30. The minimum absolute atomic E-state index is 0.0737. The Morgan fingerprint density at radius 1 is 1.31 bits per heavy atom. The van der Waals surface area contributed by atoms with Gasteiger partial charge in [0.2, 0.25) is 5.89 Å². The monoisotopic (exact) mass is 376 g/mol. The van der Waals surface area contributed by atoms with E-state index in [0.717, 1.165) is 12.2 Å². The SMILES string of the molecule is COc1cc(-c2nc(CN(CCO)Cc3cccs3)c(C)o2)ccc1F. The molecule has 7 heteroatoms. The molecule has 1 N–H and O–H groups in total. The molecule has 138 valence electrons. The first-order valence-corrected chi connectivity index (χ1v) is 9.14. The summed E-state index contributed by atoms with van der Waals surface area (Å²) < 4.78 is 24.4. The summed E-state index contributed by atoms with van der Waals surface area (Å²) >= 11 is 1.68. The lowest BCUT2D eigenvalue weighted by molar-refractivity contribution is 0.183. The predicted octanol–water partition coefficient (Wildman–Crippen LogP) is 3.85. The first-order chi connectivity index (χ1) is 12.6. The molecule has 2 aromatic heterocycles. The molecule has 0 spiro atoms. The van der Waals surface area contributed by atoms with Crippen molar-refractivity contribution in [1.82, 2.24) is 9.88 Å². The largest absolute Gasteiger partial charge is 0.494 e. The van der Waals surface area contributed by atoms with Gasteiger partial charge in [-0.25, -0.2) is 9.37 Å². The van der Waals surface area contributed by atoms with Crippen LogP contribution in [0, 0.1) is 12.7 Å². The number of aryl methyl sites for hydroxylation is 1. The van der Waals surface area contributed by atoms with Crippen LogP contribution in [0.4, 0.5) is 4.39 Å². The minimum Gasteiger partial charge on any atom is -0.494 e. The van der Waals surface area contributed by atoms with Crippen LogP contribution >= 0.6 is 11.3 Å². The number of benzene rings is 1. The Labute approximate surface area is 155 Å². The highest BCUT2D eigenvalue weighted by molar-refractivity contribution is 7.09. The number of halogens is 1. The maximum absolute atomic E-state index is 13.6. The van der Waals surface area contributed by atoms with Crippen molar-refractivity contribution < 1.29 is 18.7 Å². The van der Waals surface area contributed by atoms with Gasteiger partial charge in [0, 0.05) is 30.1 Å². The number of hydrogen-bond acceptors (Lipinski definition) is 6. The van der Waals surface area contributed by atoms with Crippen molar-refractivity contribution in [2.75, 3.05) is 20.3 Å². The van der Waals surface area contributed by atoms with Gasteiger partial charge in [0.1, 0.15) is 5.76 Å². The maximum Gasteiger partial charge on any atom is 0.226 e. The van der Waals surface area contributed by atoms with Gasteiger partial charge in [-0.3, -0.25) is 4.90 Å². The highest BCUT2D eigenvalue weighted by atomic mass is 32.1. The molecule has 0 amide bonds. The summed E-state index contributed by atoms with van der Waals surface area (Å²) in [5.41, 5.74) is 1.46. The number of thiophene rings is 1. The Kier molecular flexibility index (Phi) is 6.03. The van der Waals surface area contributed by atoms with Gasteiger partial charge >= 0.3 is 0 Å². The lowest BCUT2D eigenvalue weighted by Crippen LogP contribution is -2.26. The second kappa shape index (κ2) is 8.44. The van der Waals surface area contributed by atoms with E-state index in [9.17, 15) is 9.50 Å². The van der Waals surface area contributed by atoms with Crippen molar-refractivity contribution >= 4 is 11.3 Å². The normalized spacial score (nSPS) is 11.3. The predicted molar refractivity (Wildman–Crippen MR) is 98.7 cm³/mol. The van der Waals surface area contributed by atoms with E-state index in [-0.39, 0.29) is 12.4 Å². The minimum atomic E-state index is -0.426. The van der Waals surface area contributed by atoms with E-state index in [1.165, 1.54) is 18.1 Å². The fourth-order valence-corrected chi connectivity index (χ4v) is 3.43. The fourth-order valence-electron chi connectivity index (χ4n) is 2.68. The summed E-state index contributed by atoms with van der Waals surface area (Å²) in [4.78, 5) is 7.91. The number of ether oxygens (including phenoxy) is 1. The quantitative estimate of drug-likeness (QED) is 0.647. The zero-order valence-electron chi connectivity index (χ0n) is 14.7. The maximum atomic E-state index is 13.6. The number of aliphatic hydroxyl groups is 1. The fraction of sp³-hybridized carbons (Fsp3) is 0.316. The third-order valence-corrected chi connectivity index (χ3v) is 4.90. The van der Waals surface area contributed by atoms with Crippen LogP contribution in [0.2, 0.25) is 0 Å². The van der Waals surface area contributed by atoms with Crippen molar-refractivity contribution in [1.29, 1.82) is 0 Å². The smallest absolute Gasteiger partial charge is 0.226 e. The number of oxazole rings is 1. The molecule has 3 rings (SSSR count). The van der Waals surface area contributed by atoms with E-state index in [4.69, 9.17) is 9.15 Å². The number of hydrogen-bond donors (Lipinski definition) is 1. The molecule has 0 aliphatic heterocycles. The van der Waals surface area contributed by atoms with Gasteiger partial charge < -0.3 is 14.3 Å². The molecule has 0 radical (unpaired) electrons. The topological polar surface area (TPSA) is 58.7 Å². The van der Waals surface area contributed by atoms with Gasteiger partial charge in [-0.15, -0.1) is 11.3 Å². The Balaban J connectivity index is 1.80. The number of aromatic nitrogens is 1. The van der Waals surface area contributed by atoms with Crippen LogP contribution in [0.25, 0.3) is 11.5 Å². The van der Waals surface area contributed by atoms with Gasteiger partial charge in [-0.1, -0.05) is 6.07 Å². The second-order valence-corrected chi connectivity index (χ2v) is 6.92. The number of rotatable bonds is 8. The van der Waals surface area contributed by atoms with Crippen molar-refractivity contribution in [2.45, 2.75) is 20.0 Å². The van der Waals surface area contributed by atoms with Crippen molar-refractivity contribution in [3.63, 3.8) is 0 Å². The highest BCUT2D eigenvalue weighted by Gasteiger charge is 2.16. The van der Waals surface area contributed by atoms with Gasteiger partial charge in [0.15, 0.2) is 11.6 Å². The number of nitrogens with zero attached hydrogens (tertiary/aromatic N) is 2. The van der Waals surface area contributed by atoms with E-state index in [1.54, 1.807) is 23.5 Å². The van der Waals surface area contributed by atoms with Gasteiger partial charge in [0.25, 0.3) is 0 Å². The first kappa shape index (κ1) is 18.6. The molecular formula is C19H21FN2O3S.